The van der Waals surface area contributed by atoms with Gasteiger partial charge in [-0.1, -0.05) is 23.9 Å². The van der Waals surface area contributed by atoms with Gasteiger partial charge in [0.05, 0.1) is 21.9 Å². The molecule has 3 aromatic rings. The number of alkyl halides is 3. The third kappa shape index (κ3) is 4.37. The number of carbonyl (C=O) groups is 1. The van der Waals surface area contributed by atoms with Gasteiger partial charge in [0.1, 0.15) is 5.52 Å². The molecule has 1 aromatic heterocycles. The van der Waals surface area contributed by atoms with E-state index in [9.17, 15) is 28.1 Å². The van der Waals surface area contributed by atoms with Gasteiger partial charge in [0, 0.05) is 12.1 Å². The van der Waals surface area contributed by atoms with Crippen molar-refractivity contribution in [3.8, 4) is 0 Å². The monoisotopic (exact) mass is 397 g/mol. The molecule has 140 valence electrons. The van der Waals surface area contributed by atoms with Gasteiger partial charge in [0.15, 0.2) is 5.58 Å². The van der Waals surface area contributed by atoms with Gasteiger partial charge in [-0.15, -0.1) is 0 Å². The molecule has 7 nitrogen and oxygen atoms in total. The van der Waals surface area contributed by atoms with Crippen molar-refractivity contribution >= 4 is 40.1 Å². The fraction of sp³-hybridized carbons (Fsp3) is 0.125. The van der Waals surface area contributed by atoms with Crippen molar-refractivity contribution in [2.24, 2.45) is 0 Å². The largest absolute Gasteiger partial charge is 0.431 e. The number of nitrogens with zero attached hydrogens (tertiary/aromatic N) is 2. The minimum absolute atomic E-state index is 0.200. The number of amides is 1. The molecule has 0 unspecified atom stereocenters. The predicted octanol–water partition coefficient (Wildman–Crippen LogP) is 4.49. The molecule has 0 fully saturated rings. The summed E-state index contributed by atoms with van der Waals surface area (Å²) in [4.78, 5) is 25.9. The third-order valence-corrected chi connectivity index (χ3v) is 4.22. The lowest BCUT2D eigenvalue weighted by molar-refractivity contribution is -0.385. The number of aromatic nitrogens is 1. The zero-order chi connectivity index (χ0) is 19.6. The number of halogens is 3. The van der Waals surface area contributed by atoms with Crippen molar-refractivity contribution in [3.63, 3.8) is 0 Å². The van der Waals surface area contributed by atoms with E-state index in [1.165, 1.54) is 0 Å². The first kappa shape index (κ1) is 18.7. The second-order valence-electron chi connectivity index (χ2n) is 5.27. The van der Waals surface area contributed by atoms with Crippen LogP contribution in [0.4, 0.5) is 24.5 Å². The first-order chi connectivity index (χ1) is 12.7. The Morgan fingerprint density at radius 1 is 1.26 bits per heavy atom. The van der Waals surface area contributed by atoms with E-state index in [-0.39, 0.29) is 11.0 Å². The van der Waals surface area contributed by atoms with E-state index in [1.807, 2.05) is 0 Å². The number of nitro groups is 1. The van der Waals surface area contributed by atoms with E-state index >= 15 is 0 Å². The summed E-state index contributed by atoms with van der Waals surface area (Å²) in [7, 11) is 0. The van der Waals surface area contributed by atoms with Crippen molar-refractivity contribution in [1.29, 1.82) is 0 Å². The van der Waals surface area contributed by atoms with Crippen LogP contribution in [0.15, 0.2) is 52.1 Å². The van der Waals surface area contributed by atoms with E-state index in [4.69, 9.17) is 4.42 Å². The van der Waals surface area contributed by atoms with Crippen LogP contribution in [0.25, 0.3) is 11.1 Å². The maximum absolute atomic E-state index is 13.1. The summed E-state index contributed by atoms with van der Waals surface area (Å²) in [5.41, 5.74) is -1.46. The molecule has 11 heteroatoms. The number of hydrogen-bond acceptors (Lipinski definition) is 6. The highest BCUT2D eigenvalue weighted by molar-refractivity contribution is 7.99. The summed E-state index contributed by atoms with van der Waals surface area (Å²) < 4.78 is 44.7. The molecule has 1 N–H and O–H groups in total. The summed E-state index contributed by atoms with van der Waals surface area (Å²) in [5, 5.41) is 13.0. The van der Waals surface area contributed by atoms with Crippen LogP contribution in [0.3, 0.4) is 0 Å². The van der Waals surface area contributed by atoms with Crippen molar-refractivity contribution < 1.29 is 27.3 Å². The third-order valence-electron chi connectivity index (χ3n) is 3.39. The number of fused-ring (bicyclic) bond motifs is 1. The number of anilines is 1. The smallest absolute Gasteiger partial charge is 0.418 e. The molecule has 27 heavy (non-hydrogen) atoms. The molecule has 1 amide bonds. The van der Waals surface area contributed by atoms with Gasteiger partial charge < -0.3 is 9.73 Å². The predicted molar refractivity (Wildman–Crippen MR) is 91.5 cm³/mol. The van der Waals surface area contributed by atoms with Gasteiger partial charge in [0.25, 0.3) is 10.9 Å². The van der Waals surface area contributed by atoms with Gasteiger partial charge in [-0.2, -0.15) is 13.2 Å². The Hall–Kier alpha value is -3.08. The topological polar surface area (TPSA) is 98.3 Å². The van der Waals surface area contributed by atoms with Crippen LogP contribution >= 0.6 is 11.8 Å². The summed E-state index contributed by atoms with van der Waals surface area (Å²) >= 11 is 0.916. The Morgan fingerprint density at radius 3 is 2.67 bits per heavy atom. The lowest BCUT2D eigenvalue weighted by atomic mass is 10.1. The van der Waals surface area contributed by atoms with E-state index in [2.05, 4.69) is 10.3 Å². The standard InChI is InChI=1S/C16H10F3N3O4S/c17-16(18,19)10-7-9(22(24)25)5-6-11(10)20-14(23)8-27-15-21-12-3-1-2-4-13(12)26-15/h1-7H,8H2,(H,20,23). The van der Waals surface area contributed by atoms with Crippen LogP contribution in [0.2, 0.25) is 0 Å². The fourth-order valence-corrected chi connectivity index (χ4v) is 2.85. The number of carbonyl (C=O) groups excluding carboxylic acids is 1. The maximum Gasteiger partial charge on any atom is 0.418 e. The molecule has 0 atom stereocenters. The summed E-state index contributed by atoms with van der Waals surface area (Å²) in [5.74, 6) is -0.984. The van der Waals surface area contributed by atoms with Gasteiger partial charge >= 0.3 is 6.18 Å². The number of oxazole rings is 1. The molecule has 3 rings (SSSR count). The molecule has 0 radical (unpaired) electrons. The Labute approximate surface area is 153 Å². The van der Waals surface area contributed by atoms with Crippen LogP contribution in [-0.2, 0) is 11.0 Å². The van der Waals surface area contributed by atoms with E-state index in [0.717, 1.165) is 23.9 Å². The van der Waals surface area contributed by atoms with Crippen molar-refractivity contribution in [2.75, 3.05) is 11.1 Å². The Bertz CT molecular complexity index is 987. The zero-order valence-electron chi connectivity index (χ0n) is 13.3. The number of non-ortho nitro benzene ring substituents is 1. The first-order valence-corrected chi connectivity index (χ1v) is 8.36. The Kier molecular flexibility index (Phi) is 5.04. The molecule has 2 aromatic carbocycles. The molecule has 0 saturated carbocycles. The molecule has 0 aliphatic carbocycles. The first-order valence-electron chi connectivity index (χ1n) is 7.38. The quantitative estimate of drug-likeness (QED) is 0.387. The van der Waals surface area contributed by atoms with Crippen LogP contribution < -0.4 is 5.32 Å². The number of para-hydroxylation sites is 2. The van der Waals surface area contributed by atoms with Crippen LogP contribution in [0, 0.1) is 10.1 Å². The molecular formula is C16H10F3N3O4S. The second-order valence-corrected chi connectivity index (χ2v) is 6.20. The highest BCUT2D eigenvalue weighted by atomic mass is 32.2. The fourth-order valence-electron chi connectivity index (χ4n) is 2.22. The average Bonchev–Trinajstić information content (AvgIpc) is 3.02. The van der Waals surface area contributed by atoms with Crippen LogP contribution in [0.5, 0.6) is 0 Å². The molecule has 0 bridgehead atoms. The van der Waals surface area contributed by atoms with Crippen molar-refractivity contribution in [3.05, 3.63) is 58.1 Å². The molecule has 0 spiro atoms. The normalized spacial score (nSPS) is 11.5. The van der Waals surface area contributed by atoms with Gasteiger partial charge in [-0.25, -0.2) is 4.98 Å². The molecule has 0 aliphatic rings. The SMILES string of the molecule is O=C(CSc1nc2ccccc2o1)Nc1ccc([N+](=O)[O-])cc1C(F)(F)F. The number of nitro benzene ring substituents is 1. The number of benzene rings is 2. The number of rotatable bonds is 5. The highest BCUT2D eigenvalue weighted by Crippen LogP contribution is 2.37. The Balaban J connectivity index is 1.72. The maximum atomic E-state index is 13.1. The van der Waals surface area contributed by atoms with E-state index in [1.54, 1.807) is 24.3 Å². The average molecular weight is 397 g/mol. The molecule has 1 heterocycles. The number of nitrogens with one attached hydrogen (secondary N) is 1. The summed E-state index contributed by atoms with van der Waals surface area (Å²) in [6, 6.07) is 9.04. The highest BCUT2D eigenvalue weighted by Gasteiger charge is 2.35. The van der Waals surface area contributed by atoms with Crippen molar-refractivity contribution in [1.82, 2.24) is 4.98 Å². The van der Waals surface area contributed by atoms with Gasteiger partial charge in [0.2, 0.25) is 5.91 Å². The second kappa shape index (κ2) is 7.27. The molecule has 0 aliphatic heterocycles. The summed E-state index contributed by atoms with van der Waals surface area (Å²) in [6.07, 6.45) is -4.86. The van der Waals surface area contributed by atoms with Gasteiger partial charge in [-0.3, -0.25) is 14.9 Å². The lowest BCUT2D eigenvalue weighted by Crippen LogP contribution is -2.18. The van der Waals surface area contributed by atoms with Crippen LogP contribution in [0.1, 0.15) is 5.56 Å². The van der Waals surface area contributed by atoms with Crippen LogP contribution in [-0.4, -0.2) is 21.6 Å². The minimum atomic E-state index is -4.86. The summed E-state index contributed by atoms with van der Waals surface area (Å²) in [6.45, 7) is 0. The molecular weight excluding hydrogens is 387 g/mol. The van der Waals surface area contributed by atoms with E-state index in [0.29, 0.717) is 17.2 Å². The van der Waals surface area contributed by atoms with E-state index < -0.39 is 33.9 Å². The van der Waals surface area contributed by atoms with Crippen molar-refractivity contribution in [2.45, 2.75) is 11.4 Å². The lowest BCUT2D eigenvalue weighted by Gasteiger charge is -2.13. The number of thioether (sulfide) groups is 1. The molecule has 0 saturated heterocycles. The Morgan fingerprint density at radius 2 is 2.00 bits per heavy atom. The van der Waals surface area contributed by atoms with Gasteiger partial charge in [-0.05, 0) is 18.2 Å². The number of hydrogen-bond donors (Lipinski definition) is 1. The zero-order valence-corrected chi connectivity index (χ0v) is 14.1. The minimum Gasteiger partial charge on any atom is -0.431 e.